The van der Waals surface area contributed by atoms with E-state index in [1.54, 1.807) is 41.5 Å². The molecule has 146 valence electrons. The molecule has 0 N–H and O–H groups in total. The lowest BCUT2D eigenvalue weighted by Crippen LogP contribution is -2.57. The molecule has 6 heteroatoms. The Kier molecular flexibility index (Phi) is 6.99. The number of piperidine rings is 1. The van der Waals surface area contributed by atoms with Gasteiger partial charge in [-0.3, -0.25) is 4.79 Å². The molecule has 1 aliphatic heterocycles. The Morgan fingerprint density at radius 3 is 2.81 bits per heavy atom. The standard InChI is InChI=1S/C21H27FN2O2S/c1-3-21(25)24(18-9-5-4-8-17(18)22)19-11-13-23(15-20(19)26-2)12-10-16-7-6-14-27-16/h4-9,14,19-20H,3,10-13,15H2,1-2H3. The molecule has 0 bridgehead atoms. The minimum atomic E-state index is -0.366. The van der Waals surface area contributed by atoms with Gasteiger partial charge in [-0.1, -0.05) is 25.1 Å². The summed E-state index contributed by atoms with van der Waals surface area (Å²) in [6.07, 6.45) is 1.98. The average Bonchev–Trinajstić information content (AvgIpc) is 3.22. The normalized spacial score (nSPS) is 20.6. The third kappa shape index (κ3) is 4.75. The molecule has 27 heavy (non-hydrogen) atoms. The molecule has 2 unspecified atom stereocenters. The topological polar surface area (TPSA) is 32.8 Å². The summed E-state index contributed by atoms with van der Waals surface area (Å²) in [6.45, 7) is 4.40. The molecule has 0 spiro atoms. The lowest BCUT2D eigenvalue weighted by Gasteiger charge is -2.43. The zero-order chi connectivity index (χ0) is 19.2. The second-order valence-electron chi connectivity index (χ2n) is 6.83. The molecular formula is C21H27FN2O2S. The first-order valence-corrected chi connectivity index (χ1v) is 10.4. The number of thiophene rings is 1. The van der Waals surface area contributed by atoms with Crippen LogP contribution < -0.4 is 4.90 Å². The SMILES string of the molecule is CCC(=O)N(c1ccccc1F)C1CCN(CCc2cccs2)CC1OC. The van der Waals surface area contributed by atoms with Crippen molar-refractivity contribution in [3.8, 4) is 0 Å². The number of carbonyl (C=O) groups is 1. The Balaban J connectivity index is 1.73. The summed E-state index contributed by atoms with van der Waals surface area (Å²) in [7, 11) is 1.68. The van der Waals surface area contributed by atoms with Crippen molar-refractivity contribution in [2.24, 2.45) is 0 Å². The highest BCUT2D eigenvalue weighted by Crippen LogP contribution is 2.28. The fourth-order valence-electron chi connectivity index (χ4n) is 3.74. The van der Waals surface area contributed by atoms with Gasteiger partial charge in [0.05, 0.1) is 17.8 Å². The molecule has 1 aliphatic rings. The van der Waals surface area contributed by atoms with Crippen molar-refractivity contribution in [3.05, 3.63) is 52.5 Å². The molecule has 0 radical (unpaired) electrons. The van der Waals surface area contributed by atoms with Gasteiger partial charge >= 0.3 is 0 Å². The second kappa shape index (κ2) is 9.44. The van der Waals surface area contributed by atoms with Gasteiger partial charge in [-0.25, -0.2) is 4.39 Å². The van der Waals surface area contributed by atoms with Crippen molar-refractivity contribution in [2.45, 2.75) is 38.3 Å². The van der Waals surface area contributed by atoms with Crippen LogP contribution >= 0.6 is 11.3 Å². The molecule has 2 heterocycles. The third-order valence-corrected chi connectivity index (χ3v) is 6.12. The molecule has 1 amide bonds. The molecule has 1 aromatic heterocycles. The van der Waals surface area contributed by atoms with E-state index in [1.807, 2.05) is 6.92 Å². The smallest absolute Gasteiger partial charge is 0.227 e. The predicted octanol–water partition coefficient (Wildman–Crippen LogP) is 3.96. The van der Waals surface area contributed by atoms with Crippen LogP contribution in [0.25, 0.3) is 0 Å². The van der Waals surface area contributed by atoms with Gasteiger partial charge < -0.3 is 14.5 Å². The van der Waals surface area contributed by atoms with E-state index in [2.05, 4.69) is 22.4 Å². The van der Waals surface area contributed by atoms with Crippen molar-refractivity contribution in [3.63, 3.8) is 0 Å². The number of carbonyl (C=O) groups excluding carboxylic acids is 1. The van der Waals surface area contributed by atoms with E-state index in [-0.39, 0.29) is 23.9 Å². The Labute approximate surface area is 164 Å². The fraction of sp³-hybridized carbons (Fsp3) is 0.476. The summed E-state index contributed by atoms with van der Waals surface area (Å²) in [5, 5.41) is 2.10. The maximum atomic E-state index is 14.4. The van der Waals surface area contributed by atoms with E-state index in [4.69, 9.17) is 4.74 Å². The summed E-state index contributed by atoms with van der Waals surface area (Å²) in [6, 6.07) is 10.6. The van der Waals surface area contributed by atoms with E-state index >= 15 is 0 Å². The number of likely N-dealkylation sites (tertiary alicyclic amines) is 1. The van der Waals surface area contributed by atoms with E-state index in [0.717, 1.165) is 32.5 Å². The number of hydrogen-bond donors (Lipinski definition) is 0. The minimum Gasteiger partial charge on any atom is -0.378 e. The van der Waals surface area contributed by atoms with Crippen molar-refractivity contribution >= 4 is 22.9 Å². The predicted molar refractivity (Wildman–Crippen MR) is 108 cm³/mol. The van der Waals surface area contributed by atoms with E-state index in [1.165, 1.54) is 10.9 Å². The van der Waals surface area contributed by atoms with Crippen LogP contribution in [0.2, 0.25) is 0 Å². The highest BCUT2D eigenvalue weighted by atomic mass is 32.1. The van der Waals surface area contributed by atoms with Crippen LogP contribution in [0.5, 0.6) is 0 Å². The van der Waals surface area contributed by atoms with E-state index < -0.39 is 0 Å². The molecule has 0 saturated carbocycles. The number of anilines is 1. The van der Waals surface area contributed by atoms with Crippen molar-refractivity contribution in [1.82, 2.24) is 4.90 Å². The molecule has 1 aromatic carbocycles. The number of methoxy groups -OCH3 is 1. The fourth-order valence-corrected chi connectivity index (χ4v) is 4.43. The van der Waals surface area contributed by atoms with Gasteiger partial charge in [0.25, 0.3) is 0 Å². The monoisotopic (exact) mass is 390 g/mol. The van der Waals surface area contributed by atoms with Gasteiger partial charge in [0.2, 0.25) is 5.91 Å². The summed E-state index contributed by atoms with van der Waals surface area (Å²) >= 11 is 1.78. The highest BCUT2D eigenvalue weighted by molar-refractivity contribution is 7.09. The van der Waals surface area contributed by atoms with Gasteiger partial charge in [-0.05, 0) is 36.4 Å². The summed E-state index contributed by atoms with van der Waals surface area (Å²) < 4.78 is 20.2. The zero-order valence-electron chi connectivity index (χ0n) is 15.9. The van der Waals surface area contributed by atoms with Gasteiger partial charge in [0.1, 0.15) is 5.82 Å². The Morgan fingerprint density at radius 2 is 2.15 bits per heavy atom. The van der Waals surface area contributed by atoms with Crippen LogP contribution in [-0.2, 0) is 16.0 Å². The number of nitrogens with zero attached hydrogens (tertiary/aromatic N) is 2. The first kappa shape index (κ1) is 20.0. The van der Waals surface area contributed by atoms with E-state index in [9.17, 15) is 9.18 Å². The first-order chi connectivity index (χ1) is 13.1. The molecule has 2 aromatic rings. The summed E-state index contributed by atoms with van der Waals surface area (Å²) in [5.41, 5.74) is 0.350. The molecule has 3 rings (SSSR count). The number of halogens is 1. The Morgan fingerprint density at radius 1 is 1.33 bits per heavy atom. The number of amides is 1. The molecule has 0 aliphatic carbocycles. The second-order valence-corrected chi connectivity index (χ2v) is 7.86. The quantitative estimate of drug-likeness (QED) is 0.717. The maximum Gasteiger partial charge on any atom is 0.227 e. The molecule has 1 fully saturated rings. The maximum absolute atomic E-state index is 14.4. The molecule has 2 atom stereocenters. The molecular weight excluding hydrogens is 363 g/mol. The van der Waals surface area contributed by atoms with Crippen molar-refractivity contribution < 1.29 is 13.9 Å². The van der Waals surface area contributed by atoms with Gasteiger partial charge in [-0.15, -0.1) is 11.3 Å². The molecule has 4 nitrogen and oxygen atoms in total. The van der Waals surface area contributed by atoms with Crippen LogP contribution in [0.4, 0.5) is 10.1 Å². The number of para-hydroxylation sites is 1. The highest BCUT2D eigenvalue weighted by Gasteiger charge is 2.37. The summed E-state index contributed by atoms with van der Waals surface area (Å²) in [5.74, 6) is -0.437. The van der Waals surface area contributed by atoms with Crippen LogP contribution in [0, 0.1) is 5.82 Å². The summed E-state index contributed by atoms with van der Waals surface area (Å²) in [4.78, 5) is 18.1. The van der Waals surface area contributed by atoms with Gasteiger partial charge in [-0.2, -0.15) is 0 Å². The van der Waals surface area contributed by atoms with Crippen LogP contribution in [-0.4, -0.2) is 49.7 Å². The van der Waals surface area contributed by atoms with E-state index in [0.29, 0.717) is 12.1 Å². The molecule has 1 saturated heterocycles. The number of ether oxygens (including phenoxy) is 1. The number of rotatable bonds is 7. The Bertz CT molecular complexity index is 738. The van der Waals surface area contributed by atoms with Gasteiger partial charge in [0.15, 0.2) is 0 Å². The average molecular weight is 391 g/mol. The minimum absolute atomic E-state index is 0.0702. The zero-order valence-corrected chi connectivity index (χ0v) is 16.8. The lowest BCUT2D eigenvalue weighted by atomic mass is 9.98. The number of benzene rings is 1. The third-order valence-electron chi connectivity index (χ3n) is 5.18. The Hall–Kier alpha value is -1.76. The number of hydrogen-bond acceptors (Lipinski definition) is 4. The van der Waals surface area contributed by atoms with Crippen LogP contribution in [0.15, 0.2) is 41.8 Å². The van der Waals surface area contributed by atoms with Crippen LogP contribution in [0.3, 0.4) is 0 Å². The largest absolute Gasteiger partial charge is 0.378 e. The lowest BCUT2D eigenvalue weighted by molar-refractivity contribution is -0.120. The van der Waals surface area contributed by atoms with Crippen molar-refractivity contribution in [2.75, 3.05) is 31.6 Å². The van der Waals surface area contributed by atoms with Crippen molar-refractivity contribution in [1.29, 1.82) is 0 Å². The van der Waals surface area contributed by atoms with Gasteiger partial charge in [0, 0.05) is 38.0 Å². The first-order valence-electron chi connectivity index (χ1n) is 9.48. The van der Waals surface area contributed by atoms with Crippen LogP contribution in [0.1, 0.15) is 24.6 Å².